The fourth-order valence-corrected chi connectivity index (χ4v) is 3.91. The van der Waals surface area contributed by atoms with Gasteiger partial charge in [-0.05, 0) is 55.3 Å². The molecule has 0 spiro atoms. The highest BCUT2D eigenvalue weighted by Gasteiger charge is 2.27. The Kier molecular flexibility index (Phi) is 5.11. The summed E-state index contributed by atoms with van der Waals surface area (Å²) >= 11 is 3.27. The molecule has 122 valence electrons. The molecule has 0 heterocycles. The Morgan fingerprint density at radius 1 is 1.13 bits per heavy atom. The van der Waals surface area contributed by atoms with Gasteiger partial charge in [0.05, 0.1) is 10.6 Å². The molecule has 0 bridgehead atoms. The standard InChI is InChI=1S/C16H17BrN2O3S/c1-11-3-4-12(2)15(9-11)19(10-16(18)20)23(21,22)14-7-5-13(17)6-8-14/h3-9H,10H2,1-2H3,(H2,18,20). The first-order valence-electron chi connectivity index (χ1n) is 6.85. The van der Waals surface area contributed by atoms with Crippen molar-refractivity contribution in [2.75, 3.05) is 10.8 Å². The van der Waals surface area contributed by atoms with Crippen LogP contribution in [0, 0.1) is 13.8 Å². The van der Waals surface area contributed by atoms with E-state index in [1.54, 1.807) is 25.1 Å². The molecule has 0 fully saturated rings. The van der Waals surface area contributed by atoms with Crippen LogP contribution < -0.4 is 10.0 Å². The van der Waals surface area contributed by atoms with Crippen molar-refractivity contribution in [3.05, 3.63) is 58.1 Å². The van der Waals surface area contributed by atoms with Crippen molar-refractivity contribution in [2.45, 2.75) is 18.7 Å². The van der Waals surface area contributed by atoms with E-state index in [1.807, 2.05) is 19.1 Å². The number of nitrogens with zero attached hydrogens (tertiary/aromatic N) is 1. The number of nitrogens with two attached hydrogens (primary N) is 1. The minimum Gasteiger partial charge on any atom is -0.368 e. The average Bonchev–Trinajstić information content (AvgIpc) is 2.47. The summed E-state index contributed by atoms with van der Waals surface area (Å²) in [5, 5.41) is 0. The molecule has 2 aromatic rings. The van der Waals surface area contributed by atoms with E-state index in [-0.39, 0.29) is 4.90 Å². The van der Waals surface area contributed by atoms with Crippen LogP contribution in [0.4, 0.5) is 5.69 Å². The van der Waals surface area contributed by atoms with Crippen molar-refractivity contribution >= 4 is 37.5 Å². The van der Waals surface area contributed by atoms with Crippen LogP contribution in [-0.4, -0.2) is 20.9 Å². The lowest BCUT2D eigenvalue weighted by Gasteiger charge is -2.25. The third-order valence-corrected chi connectivity index (χ3v) is 5.64. The van der Waals surface area contributed by atoms with Gasteiger partial charge in [-0.25, -0.2) is 8.42 Å². The summed E-state index contributed by atoms with van der Waals surface area (Å²) in [6.07, 6.45) is 0. The third kappa shape index (κ3) is 3.92. The van der Waals surface area contributed by atoms with Gasteiger partial charge in [0.25, 0.3) is 10.0 Å². The number of rotatable bonds is 5. The van der Waals surface area contributed by atoms with Gasteiger partial charge in [0.15, 0.2) is 0 Å². The Bertz CT molecular complexity index is 833. The first kappa shape index (κ1) is 17.5. The summed E-state index contributed by atoms with van der Waals surface area (Å²) in [4.78, 5) is 11.5. The van der Waals surface area contributed by atoms with Gasteiger partial charge in [0.1, 0.15) is 6.54 Å². The second-order valence-electron chi connectivity index (χ2n) is 5.22. The van der Waals surface area contributed by atoms with Crippen LogP contribution in [0.3, 0.4) is 0 Å². The summed E-state index contributed by atoms with van der Waals surface area (Å²) in [6, 6.07) is 11.7. The molecule has 1 amide bonds. The lowest BCUT2D eigenvalue weighted by molar-refractivity contribution is -0.116. The monoisotopic (exact) mass is 396 g/mol. The van der Waals surface area contributed by atoms with Gasteiger partial charge in [0.2, 0.25) is 5.91 Å². The topological polar surface area (TPSA) is 80.5 Å². The minimum atomic E-state index is -3.89. The number of anilines is 1. The smallest absolute Gasteiger partial charge is 0.264 e. The van der Waals surface area contributed by atoms with E-state index < -0.39 is 22.5 Å². The Morgan fingerprint density at radius 3 is 2.30 bits per heavy atom. The molecule has 0 radical (unpaired) electrons. The molecule has 0 atom stereocenters. The molecule has 0 aromatic heterocycles. The number of carbonyl (C=O) groups excluding carboxylic acids is 1. The Balaban J connectivity index is 2.60. The van der Waals surface area contributed by atoms with E-state index >= 15 is 0 Å². The van der Waals surface area contributed by atoms with Crippen LogP contribution in [0.1, 0.15) is 11.1 Å². The minimum absolute atomic E-state index is 0.0999. The molecule has 0 unspecified atom stereocenters. The van der Waals surface area contributed by atoms with E-state index in [4.69, 9.17) is 5.73 Å². The van der Waals surface area contributed by atoms with Crippen LogP contribution in [0.5, 0.6) is 0 Å². The lowest BCUT2D eigenvalue weighted by Crippen LogP contribution is -2.39. The van der Waals surface area contributed by atoms with E-state index in [9.17, 15) is 13.2 Å². The zero-order valence-electron chi connectivity index (χ0n) is 12.8. The van der Waals surface area contributed by atoms with Crippen molar-refractivity contribution < 1.29 is 13.2 Å². The first-order chi connectivity index (χ1) is 10.7. The number of halogens is 1. The quantitative estimate of drug-likeness (QED) is 0.843. The Labute approximate surface area is 144 Å². The first-order valence-corrected chi connectivity index (χ1v) is 9.09. The van der Waals surface area contributed by atoms with Crippen molar-refractivity contribution in [3.63, 3.8) is 0 Å². The highest BCUT2D eigenvalue weighted by molar-refractivity contribution is 9.10. The van der Waals surface area contributed by atoms with Crippen LogP contribution in [0.25, 0.3) is 0 Å². The molecule has 0 aliphatic rings. The van der Waals surface area contributed by atoms with Gasteiger partial charge < -0.3 is 5.73 Å². The molecule has 5 nitrogen and oxygen atoms in total. The van der Waals surface area contributed by atoms with Crippen LogP contribution in [0.15, 0.2) is 51.8 Å². The van der Waals surface area contributed by atoms with Crippen molar-refractivity contribution in [1.29, 1.82) is 0 Å². The SMILES string of the molecule is Cc1ccc(C)c(N(CC(N)=O)S(=O)(=O)c2ccc(Br)cc2)c1. The van der Waals surface area contributed by atoms with E-state index in [1.165, 1.54) is 12.1 Å². The largest absolute Gasteiger partial charge is 0.368 e. The normalized spacial score (nSPS) is 11.3. The predicted octanol–water partition coefficient (Wildman–Crippen LogP) is 2.75. The fraction of sp³-hybridized carbons (Fsp3) is 0.188. The molecule has 2 N–H and O–H groups in total. The zero-order chi connectivity index (χ0) is 17.2. The molecule has 0 aliphatic heterocycles. The molecule has 2 rings (SSSR count). The van der Waals surface area contributed by atoms with Gasteiger partial charge in [-0.3, -0.25) is 9.10 Å². The fourth-order valence-electron chi connectivity index (χ4n) is 2.16. The van der Waals surface area contributed by atoms with Crippen molar-refractivity contribution in [1.82, 2.24) is 0 Å². The van der Waals surface area contributed by atoms with E-state index in [0.717, 1.165) is 19.9 Å². The predicted molar refractivity (Wildman–Crippen MR) is 93.8 cm³/mol. The van der Waals surface area contributed by atoms with Gasteiger partial charge in [-0.15, -0.1) is 0 Å². The number of amides is 1. The highest BCUT2D eigenvalue weighted by atomic mass is 79.9. The second kappa shape index (κ2) is 6.72. The summed E-state index contributed by atoms with van der Waals surface area (Å²) in [5.74, 6) is -0.716. The van der Waals surface area contributed by atoms with E-state index in [2.05, 4.69) is 15.9 Å². The van der Waals surface area contributed by atoms with E-state index in [0.29, 0.717) is 5.69 Å². The number of primary amides is 1. The molecule has 7 heteroatoms. The van der Waals surface area contributed by atoms with Gasteiger partial charge in [0, 0.05) is 4.47 Å². The van der Waals surface area contributed by atoms with Crippen LogP contribution in [-0.2, 0) is 14.8 Å². The maximum atomic E-state index is 12.9. The third-order valence-electron chi connectivity index (χ3n) is 3.33. The summed E-state index contributed by atoms with van der Waals surface area (Å²) in [5.41, 5.74) is 7.36. The highest BCUT2D eigenvalue weighted by Crippen LogP contribution is 2.28. The lowest BCUT2D eigenvalue weighted by atomic mass is 10.1. The van der Waals surface area contributed by atoms with Gasteiger partial charge in [-0.2, -0.15) is 0 Å². The number of carbonyl (C=O) groups is 1. The van der Waals surface area contributed by atoms with Gasteiger partial charge in [-0.1, -0.05) is 28.1 Å². The summed E-state index contributed by atoms with van der Waals surface area (Å²) in [7, 11) is -3.89. The maximum absolute atomic E-state index is 12.9. The van der Waals surface area contributed by atoms with Crippen LogP contribution >= 0.6 is 15.9 Å². The molecule has 0 aliphatic carbocycles. The summed E-state index contributed by atoms with van der Waals surface area (Å²) in [6.45, 7) is 3.24. The average molecular weight is 397 g/mol. The number of hydrogen-bond acceptors (Lipinski definition) is 3. The zero-order valence-corrected chi connectivity index (χ0v) is 15.2. The number of sulfonamides is 1. The number of hydrogen-bond donors (Lipinski definition) is 1. The number of benzene rings is 2. The second-order valence-corrected chi connectivity index (χ2v) is 8.00. The van der Waals surface area contributed by atoms with Crippen molar-refractivity contribution in [2.24, 2.45) is 5.73 Å². The molecule has 23 heavy (non-hydrogen) atoms. The Morgan fingerprint density at radius 2 is 1.74 bits per heavy atom. The summed E-state index contributed by atoms with van der Waals surface area (Å²) < 4.78 is 27.7. The van der Waals surface area contributed by atoms with Crippen molar-refractivity contribution in [3.8, 4) is 0 Å². The molecular formula is C16H17BrN2O3S. The number of aryl methyl sites for hydroxylation is 2. The molecule has 0 saturated carbocycles. The molecular weight excluding hydrogens is 380 g/mol. The maximum Gasteiger partial charge on any atom is 0.264 e. The molecule has 0 saturated heterocycles. The van der Waals surface area contributed by atoms with Gasteiger partial charge >= 0.3 is 0 Å². The molecule has 2 aromatic carbocycles. The Hall–Kier alpha value is -1.86. The van der Waals surface area contributed by atoms with Crippen LogP contribution in [0.2, 0.25) is 0 Å².